The third kappa shape index (κ3) is 6.27. The van der Waals surface area contributed by atoms with E-state index in [1.54, 1.807) is 5.38 Å². The summed E-state index contributed by atoms with van der Waals surface area (Å²) in [4.78, 5) is 19.3. The molecule has 1 aromatic rings. The molecule has 2 atom stereocenters. The fourth-order valence-corrected chi connectivity index (χ4v) is 5.10. The first-order chi connectivity index (χ1) is 12.5. The highest BCUT2D eigenvalue weighted by Gasteiger charge is 2.36. The summed E-state index contributed by atoms with van der Waals surface area (Å²) >= 11 is 1.45. The highest BCUT2D eigenvalue weighted by Crippen LogP contribution is 2.29. The van der Waals surface area contributed by atoms with Crippen molar-refractivity contribution in [1.82, 2.24) is 10.3 Å². The first-order valence-electron chi connectivity index (χ1n) is 9.63. The molecule has 1 aliphatic rings. The molecule has 153 valence electrons. The lowest BCUT2D eigenvalue weighted by molar-refractivity contribution is 0.0402. The average Bonchev–Trinajstić information content (AvgIpc) is 2.96. The van der Waals surface area contributed by atoms with Crippen molar-refractivity contribution in [3.05, 3.63) is 11.1 Å². The smallest absolute Gasteiger partial charge is 0.271 e. The molecule has 1 amide bonds. The van der Waals surface area contributed by atoms with Crippen LogP contribution in [0.4, 0.5) is 5.13 Å². The number of amides is 1. The molecule has 8 heteroatoms. The van der Waals surface area contributed by atoms with Crippen molar-refractivity contribution in [2.45, 2.75) is 72.4 Å². The summed E-state index contributed by atoms with van der Waals surface area (Å²) in [6.07, 6.45) is 0.528. The number of aliphatic hydroxyl groups is 1. The van der Waals surface area contributed by atoms with E-state index in [2.05, 4.69) is 58.0 Å². The second kappa shape index (κ2) is 9.02. The fourth-order valence-electron chi connectivity index (χ4n) is 3.25. The van der Waals surface area contributed by atoms with E-state index >= 15 is 0 Å². The maximum atomic E-state index is 12.9. The third-order valence-electron chi connectivity index (χ3n) is 4.48. The van der Waals surface area contributed by atoms with Crippen LogP contribution in [0.2, 0.25) is 13.1 Å². The molecule has 0 spiro atoms. The Hall–Kier alpha value is -0.963. The zero-order chi connectivity index (χ0) is 20.4. The van der Waals surface area contributed by atoms with E-state index in [-0.39, 0.29) is 29.6 Å². The summed E-state index contributed by atoms with van der Waals surface area (Å²) < 4.78 is 6.33. The van der Waals surface area contributed by atoms with Crippen LogP contribution in [0.15, 0.2) is 5.38 Å². The average molecular weight is 413 g/mol. The van der Waals surface area contributed by atoms with Crippen LogP contribution in [0.5, 0.6) is 0 Å². The van der Waals surface area contributed by atoms with Crippen molar-refractivity contribution in [3.8, 4) is 0 Å². The molecule has 2 rings (SSSR count). The molecule has 0 aliphatic carbocycles. The van der Waals surface area contributed by atoms with Gasteiger partial charge in [0.05, 0.1) is 18.2 Å². The van der Waals surface area contributed by atoms with E-state index in [0.29, 0.717) is 24.7 Å². The zero-order valence-electron chi connectivity index (χ0n) is 17.6. The summed E-state index contributed by atoms with van der Waals surface area (Å²) in [6.45, 7) is 16.3. The molecule has 1 fully saturated rings. The summed E-state index contributed by atoms with van der Waals surface area (Å²) in [5.41, 5.74) is 0.367. The van der Waals surface area contributed by atoms with Gasteiger partial charge in [0.1, 0.15) is 5.69 Å². The van der Waals surface area contributed by atoms with Crippen LogP contribution in [-0.4, -0.2) is 56.4 Å². The van der Waals surface area contributed by atoms with Crippen molar-refractivity contribution in [2.75, 3.05) is 18.0 Å². The number of hydrogen-bond donors (Lipinski definition) is 2. The molecule has 1 unspecified atom stereocenters. The molecule has 0 aromatic carbocycles. The van der Waals surface area contributed by atoms with Crippen LogP contribution in [0, 0.1) is 11.3 Å². The van der Waals surface area contributed by atoms with Crippen molar-refractivity contribution in [3.63, 3.8) is 0 Å². The quantitative estimate of drug-likeness (QED) is 0.642. The van der Waals surface area contributed by atoms with Gasteiger partial charge in [-0.05, 0) is 30.8 Å². The second-order valence-electron chi connectivity index (χ2n) is 9.10. The van der Waals surface area contributed by atoms with Gasteiger partial charge < -0.3 is 19.7 Å². The van der Waals surface area contributed by atoms with Crippen molar-refractivity contribution in [1.29, 1.82) is 0 Å². The number of rotatable bonds is 8. The van der Waals surface area contributed by atoms with Gasteiger partial charge in [-0.15, -0.1) is 11.3 Å². The van der Waals surface area contributed by atoms with Gasteiger partial charge in [-0.3, -0.25) is 4.79 Å². The second-order valence-corrected chi connectivity index (χ2v) is 12.0. The Morgan fingerprint density at radius 3 is 2.56 bits per heavy atom. The van der Waals surface area contributed by atoms with Gasteiger partial charge in [0.25, 0.3) is 5.91 Å². The van der Waals surface area contributed by atoms with Crippen LogP contribution >= 0.6 is 11.3 Å². The zero-order valence-corrected chi connectivity index (χ0v) is 19.4. The molecule has 1 aromatic heterocycles. The van der Waals surface area contributed by atoms with Crippen LogP contribution in [0.25, 0.3) is 0 Å². The number of carbonyl (C=O) groups excluding carboxylic acids is 1. The van der Waals surface area contributed by atoms with E-state index in [1.807, 2.05) is 4.90 Å². The van der Waals surface area contributed by atoms with E-state index in [9.17, 15) is 9.90 Å². The first-order valence-corrected chi connectivity index (χ1v) is 12.9. The largest absolute Gasteiger partial charge is 0.412 e. The minimum Gasteiger partial charge on any atom is -0.412 e. The number of thiazole rings is 1. The summed E-state index contributed by atoms with van der Waals surface area (Å²) in [6, 6.07) is -0.0617. The van der Waals surface area contributed by atoms with Gasteiger partial charge >= 0.3 is 0 Å². The number of β-amino-alcohol motifs (C(OH)–C–C–N with tert-alkyl or cyclic N) is 1. The van der Waals surface area contributed by atoms with E-state index in [4.69, 9.17) is 4.43 Å². The molecular weight excluding hydrogens is 378 g/mol. The van der Waals surface area contributed by atoms with Gasteiger partial charge in [0, 0.05) is 18.5 Å². The molecule has 1 saturated heterocycles. The number of hydrogen-bond acceptors (Lipinski definition) is 6. The molecule has 0 bridgehead atoms. The Kier molecular flexibility index (Phi) is 7.46. The predicted octanol–water partition coefficient (Wildman–Crippen LogP) is 3.15. The summed E-state index contributed by atoms with van der Waals surface area (Å²) in [5.74, 6) is 0.296. The highest BCUT2D eigenvalue weighted by molar-refractivity contribution is 7.14. The van der Waals surface area contributed by atoms with Gasteiger partial charge in [-0.2, -0.15) is 0 Å². The lowest BCUT2D eigenvalue weighted by Crippen LogP contribution is -2.52. The minimum atomic E-state index is -0.898. The van der Waals surface area contributed by atoms with Crippen molar-refractivity contribution < 1.29 is 14.3 Å². The molecule has 2 N–H and O–H groups in total. The number of aliphatic hydroxyl groups excluding tert-OH is 1. The Labute approximate surface area is 169 Å². The maximum absolute atomic E-state index is 12.9. The standard InChI is InChI=1S/C19H34N3O3SSi/c1-12(2)8-14(16(19(3,4)5)25-27(6)7)20-17(24)15-11-26-18(21-15)22-9-13(23)10-22/h11-14,16,23H,8-10H2,1-7H3,(H,20,24)/t14-,16?/m0/s1. The molecule has 2 heterocycles. The first kappa shape index (κ1) is 22.3. The van der Waals surface area contributed by atoms with E-state index in [0.717, 1.165) is 11.6 Å². The Morgan fingerprint density at radius 1 is 1.44 bits per heavy atom. The van der Waals surface area contributed by atoms with Gasteiger partial charge in [0.2, 0.25) is 9.04 Å². The predicted molar refractivity (Wildman–Crippen MR) is 113 cm³/mol. The Bertz CT molecular complexity index is 624. The van der Waals surface area contributed by atoms with Gasteiger partial charge in [0.15, 0.2) is 5.13 Å². The fraction of sp³-hybridized carbons (Fsp3) is 0.789. The lowest BCUT2D eigenvalue weighted by atomic mass is 9.82. The number of aromatic nitrogens is 1. The van der Waals surface area contributed by atoms with E-state index < -0.39 is 9.04 Å². The number of anilines is 1. The highest BCUT2D eigenvalue weighted by atomic mass is 32.1. The minimum absolute atomic E-state index is 0.0450. The summed E-state index contributed by atoms with van der Waals surface area (Å²) in [5, 5.41) is 15.2. The van der Waals surface area contributed by atoms with Crippen LogP contribution in [0.3, 0.4) is 0 Å². The molecule has 27 heavy (non-hydrogen) atoms. The molecule has 1 radical (unpaired) electrons. The number of carbonyl (C=O) groups is 1. The number of nitrogens with one attached hydrogen (secondary N) is 1. The molecular formula is C19H34N3O3SSi. The van der Waals surface area contributed by atoms with Gasteiger partial charge in [-0.1, -0.05) is 34.6 Å². The molecule has 0 saturated carbocycles. The maximum Gasteiger partial charge on any atom is 0.271 e. The van der Waals surface area contributed by atoms with Crippen LogP contribution < -0.4 is 10.2 Å². The van der Waals surface area contributed by atoms with E-state index in [1.165, 1.54) is 11.3 Å². The Morgan fingerprint density at radius 2 is 2.07 bits per heavy atom. The summed E-state index contributed by atoms with van der Waals surface area (Å²) in [7, 11) is -0.898. The third-order valence-corrected chi connectivity index (χ3v) is 6.11. The number of nitrogens with zero attached hydrogens (tertiary/aromatic N) is 2. The van der Waals surface area contributed by atoms with Crippen LogP contribution in [-0.2, 0) is 4.43 Å². The Balaban J connectivity index is 2.13. The van der Waals surface area contributed by atoms with Crippen molar-refractivity contribution >= 4 is 31.4 Å². The molecule has 6 nitrogen and oxygen atoms in total. The SMILES string of the molecule is CC(C)C[C@H](NC(=O)c1csc(N2CC(O)C2)n1)C(O[Si](C)C)C(C)(C)C. The lowest BCUT2D eigenvalue weighted by Gasteiger charge is -2.39. The normalized spacial score (nSPS) is 17.9. The van der Waals surface area contributed by atoms with Gasteiger partial charge in [-0.25, -0.2) is 4.98 Å². The topological polar surface area (TPSA) is 74.7 Å². The van der Waals surface area contributed by atoms with Crippen LogP contribution in [0.1, 0.15) is 51.5 Å². The van der Waals surface area contributed by atoms with Crippen molar-refractivity contribution in [2.24, 2.45) is 11.3 Å². The monoisotopic (exact) mass is 412 g/mol. The molecule has 1 aliphatic heterocycles.